The molecular formula is C14H14Cl3N3O3S. The standard InChI is InChI=1S/C14H14Cl3N3O3S/c1-3-19(4-2)14(21)20-8-12(17)13(18-20)24(22,23)11-6-9(15)5-10(16)7-11/h5-8H,3-4H2,1-2H3. The van der Waals surface area contributed by atoms with Crippen LogP contribution < -0.4 is 0 Å². The molecule has 10 heteroatoms. The molecule has 24 heavy (non-hydrogen) atoms. The van der Waals surface area contributed by atoms with Gasteiger partial charge in [0, 0.05) is 23.1 Å². The molecule has 0 aliphatic carbocycles. The second kappa shape index (κ2) is 7.31. The summed E-state index contributed by atoms with van der Waals surface area (Å²) < 4.78 is 26.3. The molecule has 0 aliphatic heterocycles. The van der Waals surface area contributed by atoms with E-state index in [4.69, 9.17) is 34.8 Å². The molecule has 0 saturated carbocycles. The molecule has 0 atom stereocenters. The largest absolute Gasteiger partial charge is 0.344 e. The molecule has 0 saturated heterocycles. The maximum atomic E-state index is 12.7. The van der Waals surface area contributed by atoms with Crippen LogP contribution in [0.5, 0.6) is 0 Å². The predicted molar refractivity (Wildman–Crippen MR) is 92.9 cm³/mol. The number of halogens is 3. The maximum Gasteiger partial charge on any atom is 0.344 e. The Bertz CT molecular complexity index is 856. The maximum absolute atomic E-state index is 12.7. The van der Waals surface area contributed by atoms with Gasteiger partial charge in [-0.2, -0.15) is 9.78 Å². The summed E-state index contributed by atoms with van der Waals surface area (Å²) in [5.41, 5.74) is 0. The number of amides is 1. The molecule has 0 N–H and O–H groups in total. The Kier molecular flexibility index (Phi) is 5.80. The van der Waals surface area contributed by atoms with E-state index in [2.05, 4.69) is 5.10 Å². The number of carbonyl (C=O) groups excluding carboxylic acids is 1. The van der Waals surface area contributed by atoms with Crippen molar-refractivity contribution in [2.24, 2.45) is 0 Å². The van der Waals surface area contributed by atoms with Gasteiger partial charge in [-0.3, -0.25) is 0 Å². The summed E-state index contributed by atoms with van der Waals surface area (Å²) in [6.07, 6.45) is 1.17. The first kappa shape index (κ1) is 19.1. The van der Waals surface area contributed by atoms with Crippen molar-refractivity contribution >= 4 is 50.7 Å². The van der Waals surface area contributed by atoms with Crippen LogP contribution in [0.15, 0.2) is 34.3 Å². The molecule has 6 nitrogen and oxygen atoms in total. The summed E-state index contributed by atoms with van der Waals surface area (Å²) in [6, 6.07) is 3.42. The third-order valence-corrected chi connectivity index (χ3v) is 5.76. The van der Waals surface area contributed by atoms with Crippen LogP contribution in [-0.2, 0) is 9.84 Å². The minimum Gasteiger partial charge on any atom is -0.323 e. The molecule has 1 aromatic heterocycles. The Balaban J connectivity index is 2.51. The molecule has 0 aliphatic rings. The van der Waals surface area contributed by atoms with Crippen LogP contribution >= 0.6 is 34.8 Å². The van der Waals surface area contributed by atoms with Crippen molar-refractivity contribution in [1.82, 2.24) is 14.7 Å². The lowest BCUT2D eigenvalue weighted by atomic mass is 10.4. The lowest BCUT2D eigenvalue weighted by Crippen LogP contribution is -2.34. The molecule has 1 heterocycles. The molecule has 0 radical (unpaired) electrons. The Morgan fingerprint density at radius 1 is 1.12 bits per heavy atom. The van der Waals surface area contributed by atoms with E-state index in [0.29, 0.717) is 13.1 Å². The molecular weight excluding hydrogens is 397 g/mol. The zero-order valence-electron chi connectivity index (χ0n) is 12.8. The number of hydrogen-bond acceptors (Lipinski definition) is 4. The second-order valence-electron chi connectivity index (χ2n) is 4.79. The summed E-state index contributed by atoms with van der Waals surface area (Å²) >= 11 is 17.7. The van der Waals surface area contributed by atoms with E-state index in [1.165, 1.54) is 29.3 Å². The van der Waals surface area contributed by atoms with Crippen LogP contribution in [0.4, 0.5) is 4.79 Å². The van der Waals surface area contributed by atoms with Gasteiger partial charge in [-0.05, 0) is 32.0 Å². The molecule has 2 rings (SSSR count). The first-order valence-corrected chi connectivity index (χ1v) is 9.58. The molecule has 0 bridgehead atoms. The Morgan fingerprint density at radius 3 is 2.17 bits per heavy atom. The fraction of sp³-hybridized carbons (Fsp3) is 0.286. The topological polar surface area (TPSA) is 72.3 Å². The van der Waals surface area contributed by atoms with Crippen LogP contribution in [-0.4, -0.2) is 42.2 Å². The third-order valence-electron chi connectivity index (χ3n) is 3.27. The van der Waals surface area contributed by atoms with Crippen LogP contribution in [0.2, 0.25) is 15.1 Å². The average molecular weight is 411 g/mol. The minimum absolute atomic E-state index is 0.151. The molecule has 0 spiro atoms. The average Bonchev–Trinajstić information content (AvgIpc) is 2.90. The molecule has 1 aromatic carbocycles. The predicted octanol–water partition coefficient (Wildman–Crippen LogP) is 3.99. The van der Waals surface area contributed by atoms with E-state index in [9.17, 15) is 13.2 Å². The first-order chi connectivity index (χ1) is 11.2. The molecule has 130 valence electrons. The van der Waals surface area contributed by atoms with Gasteiger partial charge in [0.25, 0.3) is 0 Å². The summed E-state index contributed by atoms with van der Waals surface area (Å²) in [4.78, 5) is 13.6. The van der Waals surface area contributed by atoms with E-state index in [1.807, 2.05) is 0 Å². The minimum atomic E-state index is -4.07. The van der Waals surface area contributed by atoms with Gasteiger partial charge in [-0.15, -0.1) is 0 Å². The van der Waals surface area contributed by atoms with Crippen LogP contribution in [0, 0.1) is 0 Å². The van der Waals surface area contributed by atoms with Crippen molar-refractivity contribution in [2.45, 2.75) is 23.8 Å². The van der Waals surface area contributed by atoms with Crippen LogP contribution in [0.25, 0.3) is 0 Å². The van der Waals surface area contributed by atoms with E-state index >= 15 is 0 Å². The lowest BCUT2D eigenvalue weighted by Gasteiger charge is -2.17. The third kappa shape index (κ3) is 3.69. The van der Waals surface area contributed by atoms with Crippen molar-refractivity contribution in [1.29, 1.82) is 0 Å². The number of hydrogen-bond donors (Lipinski definition) is 0. The molecule has 0 unspecified atom stereocenters. The number of carbonyl (C=O) groups is 1. The van der Waals surface area contributed by atoms with Gasteiger partial charge in [-0.1, -0.05) is 34.8 Å². The highest BCUT2D eigenvalue weighted by molar-refractivity contribution is 7.91. The smallest absolute Gasteiger partial charge is 0.323 e. The number of aromatic nitrogens is 2. The number of nitrogens with zero attached hydrogens (tertiary/aromatic N) is 3. The van der Waals surface area contributed by atoms with Gasteiger partial charge in [0.05, 0.1) is 16.1 Å². The van der Waals surface area contributed by atoms with Crippen LogP contribution in [0.1, 0.15) is 13.8 Å². The van der Waals surface area contributed by atoms with Gasteiger partial charge in [-0.25, -0.2) is 13.2 Å². The molecule has 0 fully saturated rings. The van der Waals surface area contributed by atoms with E-state index in [0.717, 1.165) is 4.68 Å². The van der Waals surface area contributed by atoms with Gasteiger partial charge < -0.3 is 4.90 Å². The fourth-order valence-electron chi connectivity index (χ4n) is 2.05. The fourth-order valence-corrected chi connectivity index (χ4v) is 4.43. The van der Waals surface area contributed by atoms with E-state index in [-0.39, 0.29) is 20.0 Å². The number of sulfone groups is 1. The summed E-state index contributed by atoms with van der Waals surface area (Å²) in [5.74, 6) is 0. The van der Waals surface area contributed by atoms with Crippen molar-refractivity contribution < 1.29 is 13.2 Å². The number of rotatable bonds is 4. The zero-order chi connectivity index (χ0) is 18.1. The highest BCUT2D eigenvalue weighted by atomic mass is 35.5. The highest BCUT2D eigenvalue weighted by Crippen LogP contribution is 2.30. The Labute approximate surface area is 154 Å². The SMILES string of the molecule is CCN(CC)C(=O)n1cc(Cl)c(S(=O)(=O)c2cc(Cl)cc(Cl)c2)n1. The normalized spacial score (nSPS) is 11.5. The van der Waals surface area contributed by atoms with Crippen molar-refractivity contribution in [3.63, 3.8) is 0 Å². The molecule has 1 amide bonds. The second-order valence-corrected chi connectivity index (χ2v) is 7.94. The van der Waals surface area contributed by atoms with Crippen molar-refractivity contribution in [3.8, 4) is 0 Å². The zero-order valence-corrected chi connectivity index (χ0v) is 15.9. The van der Waals surface area contributed by atoms with E-state index in [1.54, 1.807) is 13.8 Å². The quantitative estimate of drug-likeness (QED) is 0.764. The van der Waals surface area contributed by atoms with Gasteiger partial charge in [0.15, 0.2) is 0 Å². The first-order valence-electron chi connectivity index (χ1n) is 6.96. The molecule has 2 aromatic rings. The summed E-state index contributed by atoms with van der Waals surface area (Å²) in [6.45, 7) is 4.52. The van der Waals surface area contributed by atoms with Gasteiger partial charge in [0.1, 0.15) is 0 Å². The van der Waals surface area contributed by atoms with Crippen molar-refractivity contribution in [3.05, 3.63) is 39.5 Å². The Hall–Kier alpha value is -1.28. The van der Waals surface area contributed by atoms with E-state index < -0.39 is 20.9 Å². The number of benzene rings is 1. The van der Waals surface area contributed by atoms with Crippen molar-refractivity contribution in [2.75, 3.05) is 13.1 Å². The van der Waals surface area contributed by atoms with Gasteiger partial charge >= 0.3 is 6.03 Å². The van der Waals surface area contributed by atoms with Crippen LogP contribution in [0.3, 0.4) is 0 Å². The summed E-state index contributed by atoms with van der Waals surface area (Å²) in [7, 11) is -4.07. The monoisotopic (exact) mass is 409 g/mol. The highest BCUT2D eigenvalue weighted by Gasteiger charge is 2.27. The summed E-state index contributed by atoms with van der Waals surface area (Å²) in [5, 5.41) is 3.59. The van der Waals surface area contributed by atoms with Gasteiger partial charge in [0.2, 0.25) is 14.9 Å². The Morgan fingerprint density at radius 2 is 1.67 bits per heavy atom. The lowest BCUT2D eigenvalue weighted by molar-refractivity contribution is 0.201.